The fraction of sp³-hybridized carbons (Fsp3) is 0.133. The third kappa shape index (κ3) is 2.01. The molecule has 96 valence electrons. The van der Waals surface area contributed by atoms with Crippen molar-refractivity contribution in [2.24, 2.45) is 0 Å². The zero-order valence-electron chi connectivity index (χ0n) is 10.7. The van der Waals surface area contributed by atoms with Gasteiger partial charge in [0.2, 0.25) is 5.89 Å². The summed E-state index contributed by atoms with van der Waals surface area (Å²) in [6.07, 6.45) is 0. The van der Waals surface area contributed by atoms with Gasteiger partial charge >= 0.3 is 0 Å². The lowest BCUT2D eigenvalue weighted by atomic mass is 10.2. The van der Waals surface area contributed by atoms with Crippen LogP contribution < -0.4 is 9.47 Å². The van der Waals surface area contributed by atoms with Crippen LogP contribution in [0.3, 0.4) is 0 Å². The van der Waals surface area contributed by atoms with Crippen molar-refractivity contribution >= 4 is 11.1 Å². The number of rotatable bonds is 3. The molecule has 1 aromatic heterocycles. The minimum Gasteiger partial charge on any atom is -0.497 e. The van der Waals surface area contributed by atoms with E-state index in [1.165, 1.54) is 0 Å². The Balaban J connectivity index is 2.19. The van der Waals surface area contributed by atoms with Crippen molar-refractivity contribution in [2.45, 2.75) is 0 Å². The number of fused-ring (bicyclic) bond motifs is 1. The zero-order chi connectivity index (χ0) is 13.2. The van der Waals surface area contributed by atoms with Gasteiger partial charge in [-0.3, -0.25) is 0 Å². The topological polar surface area (TPSA) is 44.5 Å². The molecule has 0 N–H and O–H groups in total. The molecule has 0 unspecified atom stereocenters. The lowest BCUT2D eigenvalue weighted by Gasteiger charge is -2.07. The average molecular weight is 255 g/mol. The molecule has 1 heterocycles. The SMILES string of the molecule is COc1ccc(OC)c(-c2nc3ccccc3o2)c1. The second kappa shape index (κ2) is 4.65. The number of para-hydroxylation sites is 2. The van der Waals surface area contributed by atoms with Crippen LogP contribution in [-0.4, -0.2) is 19.2 Å². The number of aromatic nitrogens is 1. The van der Waals surface area contributed by atoms with Crippen LogP contribution in [0.2, 0.25) is 0 Å². The number of hydrogen-bond acceptors (Lipinski definition) is 4. The lowest BCUT2D eigenvalue weighted by Crippen LogP contribution is -1.90. The molecular formula is C15H13NO3. The van der Waals surface area contributed by atoms with E-state index in [1.807, 2.05) is 42.5 Å². The van der Waals surface area contributed by atoms with E-state index in [0.717, 1.165) is 22.4 Å². The maximum atomic E-state index is 5.75. The first-order valence-electron chi connectivity index (χ1n) is 5.90. The van der Waals surface area contributed by atoms with Crippen molar-refractivity contribution in [3.63, 3.8) is 0 Å². The molecule has 0 fully saturated rings. The quantitative estimate of drug-likeness (QED) is 0.718. The summed E-state index contributed by atoms with van der Waals surface area (Å²) in [4.78, 5) is 4.46. The summed E-state index contributed by atoms with van der Waals surface area (Å²) in [6, 6.07) is 13.2. The predicted molar refractivity (Wildman–Crippen MR) is 72.5 cm³/mol. The molecule has 0 atom stereocenters. The molecule has 0 saturated carbocycles. The average Bonchev–Trinajstić information content (AvgIpc) is 2.90. The Kier molecular flexibility index (Phi) is 2.83. The van der Waals surface area contributed by atoms with Crippen molar-refractivity contribution in [1.82, 2.24) is 4.98 Å². The Morgan fingerprint density at radius 3 is 2.58 bits per heavy atom. The highest BCUT2D eigenvalue weighted by Gasteiger charge is 2.14. The third-order valence-corrected chi connectivity index (χ3v) is 2.93. The minimum atomic E-state index is 0.525. The molecule has 0 saturated heterocycles. The summed E-state index contributed by atoms with van der Waals surface area (Å²) in [5.41, 5.74) is 2.35. The first-order chi connectivity index (χ1) is 9.31. The van der Waals surface area contributed by atoms with E-state index < -0.39 is 0 Å². The predicted octanol–water partition coefficient (Wildman–Crippen LogP) is 3.51. The molecule has 19 heavy (non-hydrogen) atoms. The highest BCUT2D eigenvalue weighted by Crippen LogP contribution is 2.34. The Morgan fingerprint density at radius 2 is 1.84 bits per heavy atom. The van der Waals surface area contributed by atoms with Gasteiger partial charge in [-0.05, 0) is 30.3 Å². The second-order valence-electron chi connectivity index (χ2n) is 4.05. The maximum absolute atomic E-state index is 5.75. The zero-order valence-corrected chi connectivity index (χ0v) is 10.7. The van der Waals surface area contributed by atoms with Gasteiger partial charge < -0.3 is 13.9 Å². The summed E-state index contributed by atoms with van der Waals surface area (Å²) >= 11 is 0. The number of ether oxygens (including phenoxy) is 2. The summed E-state index contributed by atoms with van der Waals surface area (Å²) in [5, 5.41) is 0. The Labute approximate surface area is 110 Å². The molecule has 0 amide bonds. The van der Waals surface area contributed by atoms with E-state index in [0.29, 0.717) is 11.6 Å². The first-order valence-corrected chi connectivity index (χ1v) is 5.90. The van der Waals surface area contributed by atoms with Crippen molar-refractivity contribution in [3.05, 3.63) is 42.5 Å². The summed E-state index contributed by atoms with van der Waals surface area (Å²) in [7, 11) is 3.24. The van der Waals surface area contributed by atoms with E-state index in [1.54, 1.807) is 14.2 Å². The maximum Gasteiger partial charge on any atom is 0.231 e. The number of nitrogens with zero attached hydrogens (tertiary/aromatic N) is 1. The highest BCUT2D eigenvalue weighted by molar-refractivity contribution is 5.77. The van der Waals surface area contributed by atoms with Crippen molar-refractivity contribution in [3.8, 4) is 23.0 Å². The van der Waals surface area contributed by atoms with E-state index >= 15 is 0 Å². The molecule has 0 bridgehead atoms. The Bertz CT molecular complexity index is 685. The monoisotopic (exact) mass is 255 g/mol. The largest absolute Gasteiger partial charge is 0.497 e. The van der Waals surface area contributed by atoms with Gasteiger partial charge in [0, 0.05) is 0 Å². The fourth-order valence-corrected chi connectivity index (χ4v) is 1.97. The van der Waals surface area contributed by atoms with Crippen LogP contribution in [0.25, 0.3) is 22.6 Å². The van der Waals surface area contributed by atoms with E-state index in [9.17, 15) is 0 Å². The van der Waals surface area contributed by atoms with Crippen molar-refractivity contribution in [1.29, 1.82) is 0 Å². The van der Waals surface area contributed by atoms with Crippen LogP contribution in [0.1, 0.15) is 0 Å². The third-order valence-electron chi connectivity index (χ3n) is 2.93. The molecule has 0 aliphatic carbocycles. The molecule has 2 aromatic carbocycles. The Hall–Kier alpha value is -2.49. The molecule has 0 spiro atoms. The van der Waals surface area contributed by atoms with E-state index in [4.69, 9.17) is 13.9 Å². The smallest absolute Gasteiger partial charge is 0.231 e. The standard InChI is InChI=1S/C15H13NO3/c1-17-10-7-8-13(18-2)11(9-10)15-16-12-5-3-4-6-14(12)19-15/h3-9H,1-2H3. The number of benzene rings is 2. The molecule has 0 aliphatic rings. The number of hydrogen-bond donors (Lipinski definition) is 0. The van der Waals surface area contributed by atoms with Crippen LogP contribution in [0.5, 0.6) is 11.5 Å². The first kappa shape index (κ1) is 11.6. The van der Waals surface area contributed by atoms with Crippen molar-refractivity contribution < 1.29 is 13.9 Å². The molecule has 0 radical (unpaired) electrons. The van der Waals surface area contributed by atoms with Gasteiger partial charge in [-0.1, -0.05) is 12.1 Å². The molecule has 4 nitrogen and oxygen atoms in total. The fourth-order valence-electron chi connectivity index (χ4n) is 1.97. The number of methoxy groups -OCH3 is 2. The summed E-state index contributed by atoms with van der Waals surface area (Å²) < 4.78 is 16.3. The highest BCUT2D eigenvalue weighted by atomic mass is 16.5. The number of oxazole rings is 1. The van der Waals surface area contributed by atoms with Gasteiger partial charge in [0.15, 0.2) is 5.58 Å². The van der Waals surface area contributed by atoms with Crippen LogP contribution in [0, 0.1) is 0 Å². The normalized spacial score (nSPS) is 10.6. The second-order valence-corrected chi connectivity index (χ2v) is 4.05. The van der Waals surface area contributed by atoms with Crippen LogP contribution in [0.15, 0.2) is 46.9 Å². The molecule has 4 heteroatoms. The minimum absolute atomic E-state index is 0.525. The molecule has 3 aromatic rings. The van der Waals surface area contributed by atoms with Crippen LogP contribution in [-0.2, 0) is 0 Å². The van der Waals surface area contributed by atoms with Crippen LogP contribution in [0.4, 0.5) is 0 Å². The van der Waals surface area contributed by atoms with E-state index in [2.05, 4.69) is 4.98 Å². The van der Waals surface area contributed by atoms with Gasteiger partial charge in [0.05, 0.1) is 19.8 Å². The van der Waals surface area contributed by atoms with Gasteiger partial charge in [-0.2, -0.15) is 0 Å². The summed E-state index contributed by atoms with van der Waals surface area (Å²) in [5.74, 6) is 1.96. The van der Waals surface area contributed by atoms with Gasteiger partial charge in [-0.15, -0.1) is 0 Å². The lowest BCUT2D eigenvalue weighted by molar-refractivity contribution is 0.403. The molecule has 0 aliphatic heterocycles. The summed E-state index contributed by atoms with van der Waals surface area (Å²) in [6.45, 7) is 0. The van der Waals surface area contributed by atoms with Gasteiger partial charge in [-0.25, -0.2) is 4.98 Å². The van der Waals surface area contributed by atoms with Crippen LogP contribution >= 0.6 is 0 Å². The van der Waals surface area contributed by atoms with Gasteiger partial charge in [0.25, 0.3) is 0 Å². The molecular weight excluding hydrogens is 242 g/mol. The van der Waals surface area contributed by atoms with Crippen molar-refractivity contribution in [2.75, 3.05) is 14.2 Å². The van der Waals surface area contributed by atoms with E-state index in [-0.39, 0.29) is 0 Å². The Morgan fingerprint density at radius 1 is 1.00 bits per heavy atom. The molecule has 3 rings (SSSR count). The van der Waals surface area contributed by atoms with Gasteiger partial charge in [0.1, 0.15) is 17.0 Å².